The highest BCUT2D eigenvalue weighted by Crippen LogP contribution is 2.49. The zero-order chi connectivity index (χ0) is 14.3. The lowest BCUT2D eigenvalue weighted by molar-refractivity contribution is -0.171. The second kappa shape index (κ2) is 5.04. The maximum Gasteiger partial charge on any atom is 0.241 e. The summed E-state index contributed by atoms with van der Waals surface area (Å²) in [5.41, 5.74) is 5.16. The van der Waals surface area contributed by atoms with Gasteiger partial charge in [-0.05, 0) is 20.3 Å². The fraction of sp³-hybridized carbons (Fsp3) is 0.929. The van der Waals surface area contributed by atoms with Crippen LogP contribution in [0.3, 0.4) is 0 Å². The molecule has 1 heterocycles. The molecule has 2 aliphatic rings. The highest BCUT2D eigenvalue weighted by Gasteiger charge is 2.63. The van der Waals surface area contributed by atoms with Crippen LogP contribution in [0.25, 0.3) is 0 Å². The van der Waals surface area contributed by atoms with Gasteiger partial charge in [-0.25, -0.2) is 0 Å². The van der Waals surface area contributed by atoms with Gasteiger partial charge < -0.3 is 20.5 Å². The molecule has 5 heteroatoms. The van der Waals surface area contributed by atoms with Crippen molar-refractivity contribution in [2.75, 3.05) is 13.2 Å². The predicted molar refractivity (Wildman–Crippen MR) is 72.7 cm³/mol. The van der Waals surface area contributed by atoms with Crippen LogP contribution in [0.4, 0.5) is 0 Å². The second-order valence-electron chi connectivity index (χ2n) is 6.29. The number of carbonyl (C=O) groups excluding carboxylic acids is 1. The molecule has 2 fully saturated rings. The Bertz CT molecular complexity index is 359. The molecule has 1 saturated heterocycles. The Balaban J connectivity index is 1.99. The van der Waals surface area contributed by atoms with Crippen molar-refractivity contribution in [1.29, 1.82) is 0 Å². The van der Waals surface area contributed by atoms with Gasteiger partial charge in [0.1, 0.15) is 5.54 Å². The Morgan fingerprint density at radius 1 is 1.53 bits per heavy atom. The molecule has 1 saturated carbocycles. The summed E-state index contributed by atoms with van der Waals surface area (Å²) < 4.78 is 11.1. The molecule has 0 aromatic rings. The summed E-state index contributed by atoms with van der Waals surface area (Å²) >= 11 is 0. The van der Waals surface area contributed by atoms with Crippen LogP contribution in [0, 0.1) is 5.41 Å². The van der Waals surface area contributed by atoms with E-state index in [4.69, 9.17) is 15.2 Å². The van der Waals surface area contributed by atoms with Crippen LogP contribution in [0.15, 0.2) is 0 Å². The number of amides is 1. The van der Waals surface area contributed by atoms with Gasteiger partial charge in [0.05, 0.1) is 18.2 Å². The molecule has 1 aliphatic carbocycles. The van der Waals surface area contributed by atoms with Crippen LogP contribution in [0.2, 0.25) is 0 Å². The van der Waals surface area contributed by atoms with E-state index in [-0.39, 0.29) is 29.6 Å². The van der Waals surface area contributed by atoms with E-state index in [2.05, 4.69) is 5.32 Å². The number of ether oxygens (including phenoxy) is 2. The average Bonchev–Trinajstić information content (AvgIpc) is 2.74. The fourth-order valence-electron chi connectivity index (χ4n) is 3.04. The van der Waals surface area contributed by atoms with Crippen LogP contribution < -0.4 is 11.1 Å². The van der Waals surface area contributed by atoms with Crippen LogP contribution in [0.1, 0.15) is 40.5 Å². The second-order valence-corrected chi connectivity index (χ2v) is 6.29. The minimum atomic E-state index is -0.838. The third kappa shape index (κ3) is 2.28. The summed E-state index contributed by atoms with van der Waals surface area (Å²) in [7, 11) is 0. The first-order chi connectivity index (χ1) is 8.83. The summed E-state index contributed by atoms with van der Waals surface area (Å²) in [5, 5.41) is 3.04. The van der Waals surface area contributed by atoms with Crippen molar-refractivity contribution in [2.24, 2.45) is 11.1 Å². The van der Waals surface area contributed by atoms with Crippen molar-refractivity contribution < 1.29 is 14.3 Å². The van der Waals surface area contributed by atoms with Gasteiger partial charge in [-0.15, -0.1) is 0 Å². The Morgan fingerprint density at radius 2 is 2.21 bits per heavy atom. The molecule has 1 aliphatic heterocycles. The van der Waals surface area contributed by atoms with Crippen molar-refractivity contribution in [3.8, 4) is 0 Å². The van der Waals surface area contributed by atoms with Gasteiger partial charge in [0.2, 0.25) is 5.91 Å². The SMILES string of the molecule is CCOC1CC(N)(C(=O)NC2CCOC2C)C1(C)C. The van der Waals surface area contributed by atoms with Gasteiger partial charge >= 0.3 is 0 Å². The van der Waals surface area contributed by atoms with E-state index in [9.17, 15) is 4.79 Å². The third-order valence-electron chi connectivity index (χ3n) is 4.93. The van der Waals surface area contributed by atoms with Gasteiger partial charge in [0.15, 0.2) is 0 Å². The van der Waals surface area contributed by atoms with E-state index in [1.165, 1.54) is 0 Å². The highest BCUT2D eigenvalue weighted by molar-refractivity contribution is 5.89. The van der Waals surface area contributed by atoms with Crippen molar-refractivity contribution in [3.05, 3.63) is 0 Å². The fourth-order valence-corrected chi connectivity index (χ4v) is 3.04. The molecule has 1 amide bonds. The van der Waals surface area contributed by atoms with Crippen LogP contribution in [-0.4, -0.2) is 42.9 Å². The van der Waals surface area contributed by atoms with Gasteiger partial charge in [-0.3, -0.25) is 4.79 Å². The number of hydrogen-bond acceptors (Lipinski definition) is 4. The quantitative estimate of drug-likeness (QED) is 0.793. The zero-order valence-electron chi connectivity index (χ0n) is 12.4. The lowest BCUT2D eigenvalue weighted by Gasteiger charge is -2.57. The highest BCUT2D eigenvalue weighted by atomic mass is 16.5. The molecule has 3 N–H and O–H groups in total. The van der Waals surface area contributed by atoms with Crippen LogP contribution in [-0.2, 0) is 14.3 Å². The molecule has 5 nitrogen and oxygen atoms in total. The molecular formula is C14H26N2O3. The van der Waals surface area contributed by atoms with E-state index >= 15 is 0 Å². The van der Waals surface area contributed by atoms with E-state index < -0.39 is 5.54 Å². The number of nitrogens with two attached hydrogens (primary N) is 1. The Morgan fingerprint density at radius 3 is 2.68 bits per heavy atom. The molecule has 4 unspecified atom stereocenters. The van der Waals surface area contributed by atoms with Gasteiger partial charge in [0, 0.05) is 25.0 Å². The Labute approximate surface area is 115 Å². The van der Waals surface area contributed by atoms with Crippen LogP contribution in [0.5, 0.6) is 0 Å². The van der Waals surface area contributed by atoms with Gasteiger partial charge in [0.25, 0.3) is 0 Å². The minimum Gasteiger partial charge on any atom is -0.378 e. The van der Waals surface area contributed by atoms with Crippen molar-refractivity contribution in [3.63, 3.8) is 0 Å². The molecule has 110 valence electrons. The maximum atomic E-state index is 12.5. The van der Waals surface area contributed by atoms with Gasteiger partial charge in [-0.1, -0.05) is 13.8 Å². The summed E-state index contributed by atoms with van der Waals surface area (Å²) in [6.07, 6.45) is 1.57. The van der Waals surface area contributed by atoms with Crippen molar-refractivity contribution >= 4 is 5.91 Å². The number of nitrogens with one attached hydrogen (secondary N) is 1. The minimum absolute atomic E-state index is 0.0606. The predicted octanol–water partition coefficient (Wildman–Crippen LogP) is 0.813. The van der Waals surface area contributed by atoms with Gasteiger partial charge in [-0.2, -0.15) is 0 Å². The summed E-state index contributed by atoms with van der Waals surface area (Å²) in [6.45, 7) is 9.31. The topological polar surface area (TPSA) is 73.6 Å². The molecule has 2 rings (SSSR count). The molecule has 0 aromatic heterocycles. The molecular weight excluding hydrogens is 244 g/mol. The first kappa shape index (κ1) is 14.8. The lowest BCUT2D eigenvalue weighted by atomic mass is 9.54. The monoisotopic (exact) mass is 270 g/mol. The van der Waals surface area contributed by atoms with E-state index in [1.54, 1.807) is 0 Å². The number of hydrogen-bond donors (Lipinski definition) is 2. The molecule has 19 heavy (non-hydrogen) atoms. The lowest BCUT2D eigenvalue weighted by Crippen LogP contribution is -2.76. The smallest absolute Gasteiger partial charge is 0.241 e. The van der Waals surface area contributed by atoms with E-state index in [0.29, 0.717) is 19.6 Å². The summed E-state index contributed by atoms with van der Waals surface area (Å²) in [5.74, 6) is -0.0733. The van der Waals surface area contributed by atoms with Crippen molar-refractivity contribution in [1.82, 2.24) is 5.32 Å². The first-order valence-electron chi connectivity index (χ1n) is 7.16. The van der Waals surface area contributed by atoms with Crippen LogP contribution >= 0.6 is 0 Å². The number of carbonyl (C=O) groups is 1. The average molecular weight is 270 g/mol. The Hall–Kier alpha value is -0.650. The Kier molecular flexibility index (Phi) is 3.91. The largest absolute Gasteiger partial charge is 0.378 e. The molecule has 4 atom stereocenters. The zero-order valence-corrected chi connectivity index (χ0v) is 12.4. The third-order valence-corrected chi connectivity index (χ3v) is 4.93. The molecule has 0 bridgehead atoms. The summed E-state index contributed by atoms with van der Waals surface area (Å²) in [4.78, 5) is 12.5. The first-order valence-corrected chi connectivity index (χ1v) is 7.16. The molecule has 0 spiro atoms. The maximum absolute atomic E-state index is 12.5. The molecule has 0 radical (unpaired) electrons. The summed E-state index contributed by atoms with van der Waals surface area (Å²) in [6, 6.07) is 0.0786. The van der Waals surface area contributed by atoms with E-state index in [0.717, 1.165) is 6.42 Å². The van der Waals surface area contributed by atoms with Crippen molar-refractivity contribution in [2.45, 2.75) is 64.3 Å². The molecule has 0 aromatic carbocycles. The van der Waals surface area contributed by atoms with E-state index in [1.807, 2.05) is 27.7 Å². The normalized spacial score (nSPS) is 40.8. The standard InChI is InChI=1S/C14H26N2O3/c1-5-18-11-8-14(15,13(11,3)4)12(17)16-10-6-7-19-9(10)2/h9-11H,5-8,15H2,1-4H3,(H,16,17). The number of rotatable bonds is 4.